The molecule has 0 unspecified atom stereocenters. The summed E-state index contributed by atoms with van der Waals surface area (Å²) in [7, 11) is 0. The van der Waals surface area contributed by atoms with E-state index in [1.807, 2.05) is 6.07 Å². The van der Waals surface area contributed by atoms with Crippen molar-refractivity contribution in [2.75, 3.05) is 13.1 Å². The van der Waals surface area contributed by atoms with E-state index in [2.05, 4.69) is 57.8 Å². The van der Waals surface area contributed by atoms with Gasteiger partial charge in [-0.25, -0.2) is 4.98 Å². The van der Waals surface area contributed by atoms with E-state index < -0.39 is 0 Å². The molecule has 0 bridgehead atoms. The van der Waals surface area contributed by atoms with Crippen molar-refractivity contribution >= 4 is 39.8 Å². The number of fused-ring (bicyclic) bond motifs is 1. The second-order valence-electron chi connectivity index (χ2n) is 4.72. The van der Waals surface area contributed by atoms with Gasteiger partial charge in [-0.05, 0) is 12.1 Å². The number of nitrogens with one attached hydrogen (secondary N) is 1. The van der Waals surface area contributed by atoms with E-state index in [0.717, 1.165) is 40.6 Å². The van der Waals surface area contributed by atoms with Crippen LogP contribution in [-0.4, -0.2) is 29.4 Å². The van der Waals surface area contributed by atoms with E-state index in [1.54, 1.807) is 11.3 Å². The van der Waals surface area contributed by atoms with Crippen molar-refractivity contribution in [1.29, 1.82) is 0 Å². The van der Waals surface area contributed by atoms with Crippen LogP contribution in [0.4, 0.5) is 0 Å². The van der Waals surface area contributed by atoms with Gasteiger partial charge < -0.3 is 10.8 Å². The van der Waals surface area contributed by atoms with Crippen LogP contribution in [0.25, 0.3) is 20.8 Å². The number of halogens is 1. The first-order valence-electron chi connectivity index (χ1n) is 6.65. The Morgan fingerprint density at radius 1 is 0.955 bits per heavy atom. The van der Waals surface area contributed by atoms with Gasteiger partial charge in [-0.15, -0.1) is 23.7 Å². The molecule has 1 aromatic heterocycles. The fourth-order valence-corrected chi connectivity index (χ4v) is 3.33. The number of para-hydroxylation sites is 1. The van der Waals surface area contributed by atoms with Crippen LogP contribution in [0.3, 0.4) is 0 Å². The molecule has 1 aliphatic rings. The molecule has 0 aliphatic carbocycles. The number of aromatic nitrogens is 1. The lowest BCUT2D eigenvalue weighted by Crippen LogP contribution is -2.19. The third-order valence-corrected chi connectivity index (χ3v) is 4.46. The van der Waals surface area contributed by atoms with Crippen molar-refractivity contribution in [3.05, 3.63) is 54.1 Å². The summed E-state index contributed by atoms with van der Waals surface area (Å²) >= 11 is 1.73. The first kappa shape index (κ1) is 16.4. The fourth-order valence-electron chi connectivity index (χ4n) is 2.36. The van der Waals surface area contributed by atoms with E-state index >= 15 is 0 Å². The van der Waals surface area contributed by atoms with Gasteiger partial charge in [0.15, 0.2) is 0 Å². The SMILES string of the molecule is Cl.O.c1ccc2sc(-c3ccc(C4=NCCN4)cc3)nc2c1. The molecule has 0 amide bonds. The third-order valence-electron chi connectivity index (χ3n) is 3.37. The molecule has 4 rings (SSSR count). The fraction of sp³-hybridized carbons (Fsp3) is 0.125. The van der Waals surface area contributed by atoms with Crippen LogP contribution in [0, 0.1) is 0 Å². The molecule has 22 heavy (non-hydrogen) atoms. The summed E-state index contributed by atoms with van der Waals surface area (Å²) in [6.45, 7) is 1.81. The Morgan fingerprint density at radius 3 is 2.36 bits per heavy atom. The lowest BCUT2D eigenvalue weighted by atomic mass is 10.1. The normalized spacial score (nSPS) is 13.0. The molecule has 6 heteroatoms. The van der Waals surface area contributed by atoms with Gasteiger partial charge in [0.05, 0.1) is 16.8 Å². The lowest BCUT2D eigenvalue weighted by molar-refractivity contribution is 0.824. The summed E-state index contributed by atoms with van der Waals surface area (Å²) in [5, 5.41) is 4.36. The van der Waals surface area contributed by atoms with Crippen LogP contribution >= 0.6 is 23.7 Å². The number of amidine groups is 1. The molecule has 2 heterocycles. The Labute approximate surface area is 138 Å². The van der Waals surface area contributed by atoms with Crippen LogP contribution in [-0.2, 0) is 0 Å². The highest BCUT2D eigenvalue weighted by Crippen LogP contribution is 2.30. The number of aliphatic imine (C=N–C) groups is 1. The molecule has 0 atom stereocenters. The van der Waals surface area contributed by atoms with Crippen LogP contribution in [0.1, 0.15) is 5.56 Å². The molecule has 3 aromatic rings. The molecule has 0 radical (unpaired) electrons. The summed E-state index contributed by atoms with van der Waals surface area (Å²) < 4.78 is 1.23. The molecule has 2 aromatic carbocycles. The van der Waals surface area contributed by atoms with Crippen molar-refractivity contribution in [2.45, 2.75) is 0 Å². The highest BCUT2D eigenvalue weighted by atomic mass is 35.5. The van der Waals surface area contributed by atoms with Crippen molar-refractivity contribution in [3.63, 3.8) is 0 Å². The van der Waals surface area contributed by atoms with E-state index in [9.17, 15) is 0 Å². The smallest absolute Gasteiger partial charge is 0.128 e. The molecular weight excluding hydrogens is 318 g/mol. The Bertz CT molecular complexity index is 766. The van der Waals surface area contributed by atoms with Crippen molar-refractivity contribution in [1.82, 2.24) is 10.3 Å². The minimum Gasteiger partial charge on any atom is -0.412 e. The van der Waals surface area contributed by atoms with Crippen LogP contribution in [0.2, 0.25) is 0 Å². The molecule has 0 saturated heterocycles. The minimum absolute atomic E-state index is 0. The molecule has 0 spiro atoms. The Kier molecular flexibility index (Phi) is 5.13. The largest absolute Gasteiger partial charge is 0.412 e. The Hall–Kier alpha value is -1.95. The van der Waals surface area contributed by atoms with Gasteiger partial charge in [0.25, 0.3) is 0 Å². The number of hydrogen-bond acceptors (Lipinski definition) is 4. The standard InChI is InChI=1S/C16H13N3S.ClH.H2O/c1-2-4-14-13(3-1)19-16(20-14)12-7-5-11(6-8-12)15-17-9-10-18-15;;/h1-8H,9-10H2,(H,17,18);1H;1H2. The van der Waals surface area contributed by atoms with Gasteiger partial charge in [0, 0.05) is 17.7 Å². The number of nitrogens with zero attached hydrogens (tertiary/aromatic N) is 2. The quantitative estimate of drug-likeness (QED) is 0.783. The molecule has 3 N–H and O–H groups in total. The molecule has 4 nitrogen and oxygen atoms in total. The summed E-state index contributed by atoms with van der Waals surface area (Å²) in [5.41, 5.74) is 3.37. The molecule has 114 valence electrons. The van der Waals surface area contributed by atoms with Crippen LogP contribution in [0.5, 0.6) is 0 Å². The topological polar surface area (TPSA) is 68.8 Å². The van der Waals surface area contributed by atoms with E-state index in [1.165, 1.54) is 4.70 Å². The number of rotatable bonds is 2. The summed E-state index contributed by atoms with van der Waals surface area (Å²) in [5.74, 6) is 1.00. The van der Waals surface area contributed by atoms with Crippen LogP contribution < -0.4 is 5.32 Å². The second-order valence-corrected chi connectivity index (χ2v) is 5.75. The Morgan fingerprint density at radius 2 is 1.68 bits per heavy atom. The predicted octanol–water partition coefficient (Wildman–Crippen LogP) is 2.91. The average Bonchev–Trinajstić information content (AvgIpc) is 3.17. The van der Waals surface area contributed by atoms with Crippen molar-refractivity contribution in [3.8, 4) is 10.6 Å². The maximum Gasteiger partial charge on any atom is 0.128 e. The minimum atomic E-state index is 0. The number of hydrogen-bond donors (Lipinski definition) is 1. The maximum absolute atomic E-state index is 4.68. The van der Waals surface area contributed by atoms with Crippen molar-refractivity contribution < 1.29 is 5.48 Å². The zero-order valence-corrected chi connectivity index (χ0v) is 13.4. The monoisotopic (exact) mass is 333 g/mol. The highest BCUT2D eigenvalue weighted by Gasteiger charge is 2.09. The molecule has 0 fully saturated rings. The van der Waals surface area contributed by atoms with Gasteiger partial charge in [0.1, 0.15) is 10.8 Å². The van der Waals surface area contributed by atoms with Gasteiger partial charge in [-0.2, -0.15) is 0 Å². The van der Waals surface area contributed by atoms with Gasteiger partial charge in [0.2, 0.25) is 0 Å². The van der Waals surface area contributed by atoms with Gasteiger partial charge in [-0.1, -0.05) is 36.4 Å². The second kappa shape index (κ2) is 6.87. The van der Waals surface area contributed by atoms with Gasteiger partial charge >= 0.3 is 0 Å². The molecule has 0 saturated carbocycles. The molecular formula is C16H16ClN3OS. The van der Waals surface area contributed by atoms with Crippen LogP contribution in [0.15, 0.2) is 53.5 Å². The number of thiazole rings is 1. The summed E-state index contributed by atoms with van der Waals surface area (Å²) in [6.07, 6.45) is 0. The van der Waals surface area contributed by atoms with E-state index in [4.69, 9.17) is 0 Å². The predicted molar refractivity (Wildman–Crippen MR) is 95.3 cm³/mol. The highest BCUT2D eigenvalue weighted by molar-refractivity contribution is 7.21. The first-order chi connectivity index (χ1) is 9.90. The van der Waals surface area contributed by atoms with Crippen molar-refractivity contribution in [2.24, 2.45) is 4.99 Å². The van der Waals surface area contributed by atoms with E-state index in [0.29, 0.717) is 0 Å². The first-order valence-corrected chi connectivity index (χ1v) is 7.46. The Balaban J connectivity index is 0.000000882. The third kappa shape index (κ3) is 2.97. The zero-order chi connectivity index (χ0) is 13.4. The lowest BCUT2D eigenvalue weighted by Gasteiger charge is -2.03. The number of benzene rings is 2. The maximum atomic E-state index is 4.68. The summed E-state index contributed by atoms with van der Waals surface area (Å²) in [6, 6.07) is 16.7. The average molecular weight is 334 g/mol. The molecule has 1 aliphatic heterocycles. The van der Waals surface area contributed by atoms with Gasteiger partial charge in [-0.3, -0.25) is 4.99 Å². The van der Waals surface area contributed by atoms with E-state index in [-0.39, 0.29) is 17.9 Å². The summed E-state index contributed by atoms with van der Waals surface area (Å²) in [4.78, 5) is 9.12. The zero-order valence-electron chi connectivity index (χ0n) is 11.7.